The fourth-order valence-electron chi connectivity index (χ4n) is 1.59. The smallest absolute Gasteiger partial charge is 0.255 e. The van der Waals surface area contributed by atoms with E-state index in [4.69, 9.17) is 10.9 Å². The number of nitrogens with one attached hydrogen (secondary N) is 3. The Morgan fingerprint density at radius 3 is 2.05 bits per heavy atom. The van der Waals surface area contributed by atoms with E-state index in [1.807, 2.05) is 13.8 Å². The third kappa shape index (κ3) is 7.25. The van der Waals surface area contributed by atoms with Crippen molar-refractivity contribution in [3.63, 3.8) is 0 Å². The number of carbonyl (C=O) groups excluding carboxylic acids is 4. The molecule has 9 nitrogen and oxygen atoms in total. The van der Waals surface area contributed by atoms with Crippen molar-refractivity contribution >= 4 is 23.6 Å². The largest absolute Gasteiger partial charge is 0.368 e. The second kappa shape index (κ2) is 8.90. The zero-order valence-electron chi connectivity index (χ0n) is 12.3. The molecular formula is C12H22N4O5. The highest BCUT2D eigenvalue weighted by Crippen LogP contribution is 2.12. The predicted octanol–water partition coefficient (Wildman–Crippen LogP) is -1.74. The molecule has 0 aliphatic carbocycles. The third-order valence-corrected chi connectivity index (χ3v) is 2.64. The van der Waals surface area contributed by atoms with Crippen LogP contribution in [0.25, 0.3) is 0 Å². The molecule has 0 aliphatic rings. The van der Waals surface area contributed by atoms with Gasteiger partial charge in [-0.05, 0) is 19.3 Å². The minimum Gasteiger partial charge on any atom is -0.368 e. The van der Waals surface area contributed by atoms with Crippen molar-refractivity contribution in [1.29, 1.82) is 0 Å². The molecule has 0 aromatic heterocycles. The van der Waals surface area contributed by atoms with Crippen LogP contribution < -0.4 is 21.8 Å². The van der Waals surface area contributed by atoms with E-state index in [1.54, 1.807) is 0 Å². The summed E-state index contributed by atoms with van der Waals surface area (Å²) in [7, 11) is 0. The van der Waals surface area contributed by atoms with Crippen LogP contribution in [0.15, 0.2) is 0 Å². The van der Waals surface area contributed by atoms with Crippen molar-refractivity contribution in [2.45, 2.75) is 33.2 Å². The molecule has 0 saturated carbocycles. The molecule has 21 heavy (non-hydrogen) atoms. The summed E-state index contributed by atoms with van der Waals surface area (Å²) in [5, 5.41) is 13.2. The molecule has 2 atom stereocenters. The van der Waals surface area contributed by atoms with Crippen LogP contribution in [0.3, 0.4) is 0 Å². The lowest BCUT2D eigenvalue weighted by atomic mass is 9.95. The molecule has 6 N–H and O–H groups in total. The van der Waals surface area contributed by atoms with E-state index < -0.39 is 35.6 Å². The topological polar surface area (TPSA) is 151 Å². The second-order valence-electron chi connectivity index (χ2n) is 5.07. The first kappa shape index (κ1) is 18.8. The second-order valence-corrected chi connectivity index (χ2v) is 5.07. The van der Waals surface area contributed by atoms with Crippen molar-refractivity contribution in [3.05, 3.63) is 0 Å². The summed E-state index contributed by atoms with van der Waals surface area (Å²) < 4.78 is 0. The average molecular weight is 302 g/mol. The van der Waals surface area contributed by atoms with Gasteiger partial charge < -0.3 is 16.4 Å². The summed E-state index contributed by atoms with van der Waals surface area (Å²) in [4.78, 5) is 45.6. The van der Waals surface area contributed by atoms with E-state index in [1.165, 1.54) is 12.4 Å². The van der Waals surface area contributed by atoms with Crippen LogP contribution in [0.5, 0.6) is 0 Å². The molecule has 0 heterocycles. The summed E-state index contributed by atoms with van der Waals surface area (Å²) in [6.07, 6.45) is 0.216. The van der Waals surface area contributed by atoms with Gasteiger partial charge in [-0.1, -0.05) is 13.8 Å². The predicted molar refractivity (Wildman–Crippen MR) is 72.7 cm³/mol. The van der Waals surface area contributed by atoms with Crippen LogP contribution in [0.4, 0.5) is 0 Å². The first-order chi connectivity index (χ1) is 9.68. The molecule has 0 saturated heterocycles. The van der Waals surface area contributed by atoms with Gasteiger partial charge in [0.1, 0.15) is 12.0 Å². The van der Waals surface area contributed by atoms with Crippen molar-refractivity contribution in [2.24, 2.45) is 17.6 Å². The molecule has 4 amide bonds. The van der Waals surface area contributed by atoms with Gasteiger partial charge in [0.15, 0.2) is 0 Å². The Morgan fingerprint density at radius 1 is 1.05 bits per heavy atom. The van der Waals surface area contributed by atoms with E-state index >= 15 is 0 Å². The zero-order chi connectivity index (χ0) is 16.6. The molecule has 9 heteroatoms. The molecule has 0 aliphatic heterocycles. The Labute approximate surface area is 122 Å². The lowest BCUT2D eigenvalue weighted by molar-refractivity contribution is -0.142. The molecule has 120 valence electrons. The number of carbonyl (C=O) groups is 4. The Kier molecular flexibility index (Phi) is 7.99. The molecule has 0 fully saturated rings. The van der Waals surface area contributed by atoms with Crippen LogP contribution in [-0.4, -0.2) is 41.4 Å². The van der Waals surface area contributed by atoms with E-state index in [-0.39, 0.29) is 18.9 Å². The molecule has 0 bridgehead atoms. The summed E-state index contributed by atoms with van der Waals surface area (Å²) in [6.45, 7) is 4.69. The Bertz CT molecular complexity index is 410. The molecule has 0 aromatic rings. The molecule has 0 spiro atoms. The number of hydrogen-bond donors (Lipinski definition) is 5. The fraction of sp³-hybridized carbons (Fsp3) is 0.667. The van der Waals surface area contributed by atoms with Gasteiger partial charge in [0, 0.05) is 0 Å². The Morgan fingerprint density at radius 2 is 1.62 bits per heavy atom. The van der Waals surface area contributed by atoms with E-state index in [9.17, 15) is 19.2 Å². The molecule has 0 radical (unpaired) electrons. The maximum Gasteiger partial charge on any atom is 0.255 e. The van der Waals surface area contributed by atoms with Crippen LogP contribution in [-0.2, 0) is 19.2 Å². The van der Waals surface area contributed by atoms with Crippen molar-refractivity contribution in [1.82, 2.24) is 16.1 Å². The highest BCUT2D eigenvalue weighted by molar-refractivity contribution is 6.01. The minimum atomic E-state index is -1.11. The number of hydroxylamine groups is 1. The maximum absolute atomic E-state index is 12.0. The Balaban J connectivity index is 4.62. The third-order valence-electron chi connectivity index (χ3n) is 2.64. The van der Waals surface area contributed by atoms with Crippen molar-refractivity contribution in [3.8, 4) is 0 Å². The lowest BCUT2D eigenvalue weighted by Gasteiger charge is -2.19. The maximum atomic E-state index is 12.0. The quantitative estimate of drug-likeness (QED) is 0.205. The Hall–Kier alpha value is -2.16. The summed E-state index contributed by atoms with van der Waals surface area (Å²) in [6, 6.07) is -0.946. The van der Waals surface area contributed by atoms with Crippen LogP contribution in [0.1, 0.15) is 27.2 Å². The average Bonchev–Trinajstić information content (AvgIpc) is 2.40. The number of amides is 4. The highest BCUT2D eigenvalue weighted by atomic mass is 16.5. The number of nitrogens with two attached hydrogens (primary N) is 1. The van der Waals surface area contributed by atoms with Crippen LogP contribution in [0.2, 0.25) is 0 Å². The molecular weight excluding hydrogens is 280 g/mol. The van der Waals surface area contributed by atoms with Gasteiger partial charge in [0.2, 0.25) is 17.7 Å². The zero-order valence-corrected chi connectivity index (χ0v) is 12.3. The number of hydrogen-bond acceptors (Lipinski definition) is 5. The van der Waals surface area contributed by atoms with Crippen molar-refractivity contribution < 1.29 is 24.4 Å². The van der Waals surface area contributed by atoms with Gasteiger partial charge in [-0.25, -0.2) is 5.48 Å². The normalized spacial score (nSPS) is 13.2. The van der Waals surface area contributed by atoms with Gasteiger partial charge in [-0.2, -0.15) is 0 Å². The van der Waals surface area contributed by atoms with Crippen LogP contribution >= 0.6 is 0 Å². The first-order valence-corrected chi connectivity index (χ1v) is 6.49. The van der Waals surface area contributed by atoms with Gasteiger partial charge in [-0.15, -0.1) is 0 Å². The number of rotatable bonds is 8. The lowest BCUT2D eigenvalue weighted by Crippen LogP contribution is -2.50. The van der Waals surface area contributed by atoms with E-state index in [0.717, 1.165) is 0 Å². The highest BCUT2D eigenvalue weighted by Gasteiger charge is 2.29. The summed E-state index contributed by atoms with van der Waals surface area (Å²) in [5.74, 6) is -3.91. The van der Waals surface area contributed by atoms with E-state index in [0.29, 0.717) is 0 Å². The van der Waals surface area contributed by atoms with E-state index in [2.05, 4.69) is 10.6 Å². The number of primary amides is 1. The van der Waals surface area contributed by atoms with Gasteiger partial charge in [0.05, 0.1) is 6.54 Å². The standard InChI is InChI=1S/C12H22N4O5/c1-6(2)4-8(12(20)16-21)11(19)15-7(3)10(18)14-5-9(13)17/h6-8,21H,4-5H2,1-3H3,(H2,13,17)(H,14,18)(H,15,19)(H,16,20)/t7-,8?/m0/s1. The van der Waals surface area contributed by atoms with Crippen molar-refractivity contribution in [2.75, 3.05) is 6.54 Å². The molecule has 0 aromatic carbocycles. The molecule has 1 unspecified atom stereocenters. The monoisotopic (exact) mass is 302 g/mol. The SMILES string of the molecule is CC(C)CC(C(=O)NO)C(=O)N[C@@H](C)C(=O)NCC(N)=O. The van der Waals surface area contributed by atoms with Gasteiger partial charge in [-0.3, -0.25) is 24.4 Å². The van der Waals surface area contributed by atoms with Crippen LogP contribution in [0, 0.1) is 11.8 Å². The fourth-order valence-corrected chi connectivity index (χ4v) is 1.59. The van der Waals surface area contributed by atoms with Gasteiger partial charge in [0.25, 0.3) is 5.91 Å². The minimum absolute atomic E-state index is 0.0389. The summed E-state index contributed by atoms with van der Waals surface area (Å²) >= 11 is 0. The molecule has 0 rings (SSSR count). The first-order valence-electron chi connectivity index (χ1n) is 6.49. The summed E-state index contributed by atoms with van der Waals surface area (Å²) in [5.41, 5.74) is 6.31. The van der Waals surface area contributed by atoms with Gasteiger partial charge >= 0.3 is 0 Å².